The lowest BCUT2D eigenvalue weighted by molar-refractivity contribution is 0.493. The van der Waals surface area contributed by atoms with Crippen molar-refractivity contribution in [1.29, 1.82) is 0 Å². The quantitative estimate of drug-likeness (QED) is 0.590. The molecule has 0 aromatic heterocycles. The fourth-order valence-corrected chi connectivity index (χ4v) is 2.12. The van der Waals surface area contributed by atoms with Crippen LogP contribution >= 0.6 is 11.6 Å². The van der Waals surface area contributed by atoms with Crippen LogP contribution in [0, 0.1) is 5.92 Å². The van der Waals surface area contributed by atoms with Crippen molar-refractivity contribution in [3.8, 4) is 0 Å². The van der Waals surface area contributed by atoms with Gasteiger partial charge >= 0.3 is 0 Å². The minimum Gasteiger partial charge on any atom is -0.0843 e. The van der Waals surface area contributed by atoms with Gasteiger partial charge in [0.1, 0.15) is 0 Å². The van der Waals surface area contributed by atoms with Crippen LogP contribution in [0.15, 0.2) is 24.3 Å². The highest BCUT2D eigenvalue weighted by atomic mass is 35.5. The fraction of sp³-hybridized carbons (Fsp3) is 0.571. The molecule has 0 nitrogen and oxygen atoms in total. The minimum atomic E-state index is 0.773. The maximum atomic E-state index is 5.96. The molecule has 1 atom stereocenters. The summed E-state index contributed by atoms with van der Waals surface area (Å²) in [5.74, 6) is 0.773. The summed E-state index contributed by atoms with van der Waals surface area (Å²) in [5, 5.41) is 0.855. The molecule has 0 saturated carbocycles. The van der Waals surface area contributed by atoms with Gasteiger partial charge in [-0.2, -0.15) is 0 Å². The molecule has 15 heavy (non-hydrogen) atoms. The molecule has 0 fully saturated rings. The van der Waals surface area contributed by atoms with Gasteiger partial charge in [-0.15, -0.1) is 0 Å². The maximum Gasteiger partial charge on any atom is 0.0408 e. The molecule has 1 heteroatoms. The van der Waals surface area contributed by atoms with Crippen LogP contribution in [0.1, 0.15) is 45.1 Å². The molecule has 1 rings (SSSR count). The molecular weight excluding hydrogens is 204 g/mol. The Morgan fingerprint density at radius 1 is 1.27 bits per heavy atom. The maximum absolute atomic E-state index is 5.96. The molecule has 1 unspecified atom stereocenters. The predicted octanol–water partition coefficient (Wildman–Crippen LogP) is 5.10. The topological polar surface area (TPSA) is 0 Å². The van der Waals surface area contributed by atoms with Crippen molar-refractivity contribution < 1.29 is 0 Å². The van der Waals surface area contributed by atoms with Crippen LogP contribution in [0.5, 0.6) is 0 Å². The molecule has 0 radical (unpaired) electrons. The number of unbranched alkanes of at least 4 members (excludes halogenated alkanes) is 2. The van der Waals surface area contributed by atoms with Gasteiger partial charge in [0.15, 0.2) is 0 Å². The summed E-state index contributed by atoms with van der Waals surface area (Å²) in [5.41, 5.74) is 1.37. The number of benzene rings is 1. The Labute approximate surface area is 98.7 Å². The largest absolute Gasteiger partial charge is 0.0843 e. The van der Waals surface area contributed by atoms with E-state index in [1.807, 2.05) is 12.1 Å². The molecule has 0 spiro atoms. The van der Waals surface area contributed by atoms with E-state index in [1.54, 1.807) is 0 Å². The lowest BCUT2D eigenvalue weighted by atomic mass is 9.96. The van der Waals surface area contributed by atoms with Crippen LogP contribution in [0.2, 0.25) is 5.02 Å². The Bertz CT molecular complexity index is 280. The van der Waals surface area contributed by atoms with Crippen molar-refractivity contribution in [1.82, 2.24) is 0 Å². The Hall–Kier alpha value is -0.490. The number of rotatable bonds is 6. The molecule has 0 N–H and O–H groups in total. The number of hydrogen-bond donors (Lipinski definition) is 0. The zero-order valence-corrected chi connectivity index (χ0v) is 10.6. The van der Waals surface area contributed by atoms with Crippen LogP contribution in [-0.2, 0) is 6.42 Å². The smallest absolute Gasteiger partial charge is 0.0408 e. The van der Waals surface area contributed by atoms with Crippen molar-refractivity contribution in [2.75, 3.05) is 0 Å². The van der Waals surface area contributed by atoms with E-state index in [-0.39, 0.29) is 0 Å². The van der Waals surface area contributed by atoms with Gasteiger partial charge in [-0.3, -0.25) is 0 Å². The molecular formula is C14H21Cl. The minimum absolute atomic E-state index is 0.773. The zero-order valence-electron chi connectivity index (χ0n) is 9.80. The highest BCUT2D eigenvalue weighted by molar-refractivity contribution is 6.30. The first kappa shape index (κ1) is 12.6. The Balaban J connectivity index is 2.34. The van der Waals surface area contributed by atoms with Gasteiger partial charge in [-0.05, 0) is 30.0 Å². The summed E-state index contributed by atoms with van der Waals surface area (Å²) in [6.45, 7) is 4.58. The lowest BCUT2D eigenvalue weighted by Gasteiger charge is -2.11. The van der Waals surface area contributed by atoms with Crippen LogP contribution in [0.4, 0.5) is 0 Å². The summed E-state index contributed by atoms with van der Waals surface area (Å²) in [6, 6.07) is 8.23. The number of halogens is 1. The third kappa shape index (κ3) is 5.22. The average Bonchev–Trinajstić information content (AvgIpc) is 2.18. The highest BCUT2D eigenvalue weighted by Gasteiger charge is 2.03. The van der Waals surface area contributed by atoms with E-state index in [0.29, 0.717) is 0 Å². The molecule has 0 saturated heterocycles. The summed E-state index contributed by atoms with van der Waals surface area (Å²) >= 11 is 5.96. The van der Waals surface area contributed by atoms with Crippen molar-refractivity contribution in [3.63, 3.8) is 0 Å². The van der Waals surface area contributed by atoms with Crippen molar-refractivity contribution in [2.24, 2.45) is 5.92 Å². The zero-order chi connectivity index (χ0) is 11.1. The van der Waals surface area contributed by atoms with Crippen molar-refractivity contribution in [2.45, 2.75) is 46.0 Å². The lowest BCUT2D eigenvalue weighted by Crippen LogP contribution is -1.99. The molecule has 0 aliphatic rings. The van der Waals surface area contributed by atoms with E-state index in [2.05, 4.69) is 26.0 Å². The summed E-state index contributed by atoms with van der Waals surface area (Å²) in [6.07, 6.45) is 6.52. The van der Waals surface area contributed by atoms with Crippen LogP contribution in [-0.4, -0.2) is 0 Å². The Kier molecular flexibility index (Phi) is 5.78. The molecule has 1 aromatic rings. The first-order valence-electron chi connectivity index (χ1n) is 5.96. The molecule has 1 aromatic carbocycles. The second-order valence-electron chi connectivity index (χ2n) is 4.43. The van der Waals surface area contributed by atoms with E-state index in [9.17, 15) is 0 Å². The van der Waals surface area contributed by atoms with Crippen LogP contribution < -0.4 is 0 Å². The van der Waals surface area contributed by atoms with E-state index in [1.165, 1.54) is 31.2 Å². The molecule has 0 aliphatic carbocycles. The standard InChI is InChI=1S/C14H21Cl/c1-3-4-5-7-12(2)10-13-8-6-9-14(15)11-13/h6,8-9,11-12H,3-5,7,10H2,1-2H3. The first-order chi connectivity index (χ1) is 7.22. The average molecular weight is 225 g/mol. The van der Waals surface area contributed by atoms with Crippen molar-refractivity contribution >= 4 is 11.6 Å². The highest BCUT2D eigenvalue weighted by Crippen LogP contribution is 2.18. The van der Waals surface area contributed by atoms with Gasteiger partial charge < -0.3 is 0 Å². The molecule has 0 aliphatic heterocycles. The molecule has 0 bridgehead atoms. The first-order valence-corrected chi connectivity index (χ1v) is 6.34. The second kappa shape index (κ2) is 6.90. The van der Waals surface area contributed by atoms with E-state index in [4.69, 9.17) is 11.6 Å². The normalized spacial score (nSPS) is 12.7. The number of hydrogen-bond acceptors (Lipinski definition) is 0. The van der Waals surface area contributed by atoms with Gasteiger partial charge in [-0.1, -0.05) is 63.3 Å². The van der Waals surface area contributed by atoms with Crippen molar-refractivity contribution in [3.05, 3.63) is 34.9 Å². The van der Waals surface area contributed by atoms with E-state index >= 15 is 0 Å². The monoisotopic (exact) mass is 224 g/mol. The van der Waals surface area contributed by atoms with Gasteiger partial charge in [0.05, 0.1) is 0 Å². The van der Waals surface area contributed by atoms with Crippen LogP contribution in [0.25, 0.3) is 0 Å². The predicted molar refractivity (Wildman–Crippen MR) is 68.5 cm³/mol. The summed E-state index contributed by atoms with van der Waals surface area (Å²) in [4.78, 5) is 0. The third-order valence-corrected chi connectivity index (χ3v) is 3.01. The Morgan fingerprint density at radius 3 is 2.73 bits per heavy atom. The van der Waals surface area contributed by atoms with E-state index < -0.39 is 0 Å². The van der Waals surface area contributed by atoms with E-state index in [0.717, 1.165) is 17.4 Å². The van der Waals surface area contributed by atoms with Gasteiger partial charge in [0.25, 0.3) is 0 Å². The summed E-state index contributed by atoms with van der Waals surface area (Å²) < 4.78 is 0. The van der Waals surface area contributed by atoms with Gasteiger partial charge in [0.2, 0.25) is 0 Å². The molecule has 84 valence electrons. The molecule has 0 amide bonds. The SMILES string of the molecule is CCCCCC(C)Cc1cccc(Cl)c1. The third-order valence-electron chi connectivity index (χ3n) is 2.77. The Morgan fingerprint density at radius 2 is 2.07 bits per heavy atom. The van der Waals surface area contributed by atoms with Gasteiger partial charge in [0, 0.05) is 5.02 Å². The molecule has 0 heterocycles. The van der Waals surface area contributed by atoms with Crippen LogP contribution in [0.3, 0.4) is 0 Å². The summed E-state index contributed by atoms with van der Waals surface area (Å²) in [7, 11) is 0. The van der Waals surface area contributed by atoms with Gasteiger partial charge in [-0.25, -0.2) is 0 Å². The second-order valence-corrected chi connectivity index (χ2v) is 4.87. The fourth-order valence-electron chi connectivity index (χ4n) is 1.91.